The molecule has 0 aliphatic rings. The van der Waals surface area contributed by atoms with Crippen LogP contribution < -0.4 is 5.56 Å². The third-order valence-corrected chi connectivity index (χ3v) is 4.12. The number of hydrogen-bond acceptors (Lipinski definition) is 4. The second kappa shape index (κ2) is 5.43. The Morgan fingerprint density at radius 3 is 2.95 bits per heavy atom. The van der Waals surface area contributed by atoms with Crippen LogP contribution in [0.5, 0.6) is 0 Å². The maximum atomic E-state index is 12.3. The van der Waals surface area contributed by atoms with Crippen LogP contribution in [0, 0.1) is 0 Å². The second-order valence-corrected chi connectivity index (χ2v) is 6.54. The van der Waals surface area contributed by atoms with Gasteiger partial charge in [0.15, 0.2) is 0 Å². The number of aliphatic hydroxyl groups is 1. The number of nitrogens with zero attached hydrogens (tertiary/aromatic N) is 2. The van der Waals surface area contributed by atoms with Gasteiger partial charge in [-0.15, -0.1) is 11.3 Å². The van der Waals surface area contributed by atoms with E-state index >= 15 is 0 Å². The van der Waals surface area contributed by atoms with Crippen molar-refractivity contribution in [1.82, 2.24) is 9.55 Å². The molecule has 0 radical (unpaired) electrons. The topological polar surface area (TPSA) is 55.1 Å². The summed E-state index contributed by atoms with van der Waals surface area (Å²) in [6, 6.07) is 1.93. The number of aromatic nitrogens is 2. The Morgan fingerprint density at radius 1 is 1.53 bits per heavy atom. The molecule has 1 unspecified atom stereocenters. The highest BCUT2D eigenvalue weighted by atomic mass is 32.1. The molecular formula is C14H20N2O2S. The fourth-order valence-corrected chi connectivity index (χ4v) is 2.88. The molecule has 1 atom stereocenters. The van der Waals surface area contributed by atoms with Crippen LogP contribution in [0.3, 0.4) is 0 Å². The highest BCUT2D eigenvalue weighted by Gasteiger charge is 2.15. The molecule has 0 fully saturated rings. The van der Waals surface area contributed by atoms with E-state index < -0.39 is 5.60 Å². The van der Waals surface area contributed by atoms with Crippen LogP contribution in [0.15, 0.2) is 22.6 Å². The predicted octanol–water partition coefficient (Wildman–Crippen LogP) is 2.96. The van der Waals surface area contributed by atoms with Gasteiger partial charge in [0.05, 0.1) is 17.3 Å². The van der Waals surface area contributed by atoms with Gasteiger partial charge in [-0.2, -0.15) is 0 Å². The van der Waals surface area contributed by atoms with Crippen molar-refractivity contribution < 1.29 is 5.11 Å². The van der Waals surface area contributed by atoms with Crippen molar-refractivity contribution in [1.29, 1.82) is 0 Å². The Labute approximate surface area is 116 Å². The molecule has 0 aliphatic carbocycles. The fraction of sp³-hybridized carbons (Fsp3) is 0.571. The average molecular weight is 280 g/mol. The minimum Gasteiger partial charge on any atom is -0.390 e. The molecule has 0 aromatic carbocycles. The van der Waals surface area contributed by atoms with E-state index in [1.165, 1.54) is 11.3 Å². The van der Waals surface area contributed by atoms with Crippen LogP contribution in [0.1, 0.15) is 46.1 Å². The van der Waals surface area contributed by atoms with E-state index in [2.05, 4.69) is 4.98 Å². The van der Waals surface area contributed by atoms with Crippen LogP contribution in [0.25, 0.3) is 10.2 Å². The van der Waals surface area contributed by atoms with Gasteiger partial charge in [-0.3, -0.25) is 9.36 Å². The number of thiophene rings is 1. The van der Waals surface area contributed by atoms with Gasteiger partial charge in [0.1, 0.15) is 4.83 Å². The maximum Gasteiger partial charge on any atom is 0.262 e. The molecule has 1 N–H and O–H groups in total. The molecule has 104 valence electrons. The minimum absolute atomic E-state index is 0.0296. The van der Waals surface area contributed by atoms with E-state index in [-0.39, 0.29) is 11.6 Å². The summed E-state index contributed by atoms with van der Waals surface area (Å²) in [5, 5.41) is 12.3. The predicted molar refractivity (Wildman–Crippen MR) is 78.7 cm³/mol. The van der Waals surface area contributed by atoms with Gasteiger partial charge in [-0.05, 0) is 51.5 Å². The quantitative estimate of drug-likeness (QED) is 0.916. The molecule has 0 aliphatic heterocycles. The Bertz CT molecular complexity index is 610. The van der Waals surface area contributed by atoms with E-state index in [0.717, 1.165) is 24.1 Å². The lowest BCUT2D eigenvalue weighted by atomic mass is 10.00. The van der Waals surface area contributed by atoms with Crippen LogP contribution >= 0.6 is 11.3 Å². The van der Waals surface area contributed by atoms with E-state index in [1.54, 1.807) is 10.9 Å². The summed E-state index contributed by atoms with van der Waals surface area (Å²) in [5.74, 6) is 0. The van der Waals surface area contributed by atoms with Gasteiger partial charge in [0, 0.05) is 6.04 Å². The van der Waals surface area contributed by atoms with Crippen molar-refractivity contribution in [2.75, 3.05) is 0 Å². The second-order valence-electron chi connectivity index (χ2n) is 5.65. The van der Waals surface area contributed by atoms with Crippen molar-refractivity contribution in [3.63, 3.8) is 0 Å². The lowest BCUT2D eigenvalue weighted by Gasteiger charge is -2.19. The molecule has 2 rings (SSSR count). The lowest BCUT2D eigenvalue weighted by Crippen LogP contribution is -2.24. The number of hydrogen-bond donors (Lipinski definition) is 1. The Hall–Kier alpha value is -1.20. The smallest absolute Gasteiger partial charge is 0.262 e. The molecule has 19 heavy (non-hydrogen) atoms. The van der Waals surface area contributed by atoms with Crippen molar-refractivity contribution >= 4 is 21.6 Å². The van der Waals surface area contributed by atoms with E-state index in [9.17, 15) is 9.90 Å². The Kier molecular flexibility index (Phi) is 4.06. The summed E-state index contributed by atoms with van der Waals surface area (Å²) in [5.41, 5.74) is -0.609. The molecule has 2 aromatic rings. The lowest BCUT2D eigenvalue weighted by molar-refractivity contribution is 0.0671. The van der Waals surface area contributed by atoms with E-state index in [1.807, 2.05) is 32.2 Å². The average Bonchev–Trinajstić information content (AvgIpc) is 2.76. The van der Waals surface area contributed by atoms with Crippen molar-refractivity contribution in [2.24, 2.45) is 0 Å². The standard InChI is InChI=1S/C14H20N2O2S/c1-10(5-4-7-14(2,3)18)16-9-15-12-11(13(16)17)6-8-19-12/h6,8-10,18H,4-5,7H2,1-3H3. The SMILES string of the molecule is CC(CCCC(C)(C)O)n1cnc2sccc2c1=O. The van der Waals surface area contributed by atoms with Gasteiger partial charge in [-0.25, -0.2) is 4.98 Å². The van der Waals surface area contributed by atoms with Crippen LogP contribution in [-0.4, -0.2) is 20.3 Å². The van der Waals surface area contributed by atoms with Gasteiger partial charge in [-0.1, -0.05) is 0 Å². The highest BCUT2D eigenvalue weighted by Crippen LogP contribution is 2.19. The van der Waals surface area contributed by atoms with Gasteiger partial charge >= 0.3 is 0 Å². The summed E-state index contributed by atoms with van der Waals surface area (Å²) in [6.07, 6.45) is 4.12. The number of fused-ring (bicyclic) bond motifs is 1. The molecule has 2 heterocycles. The normalized spacial score (nSPS) is 13.9. The third-order valence-electron chi connectivity index (χ3n) is 3.29. The molecule has 0 saturated carbocycles. The van der Waals surface area contributed by atoms with Gasteiger partial charge < -0.3 is 5.11 Å². The minimum atomic E-state index is -0.639. The van der Waals surface area contributed by atoms with Gasteiger partial charge in [0.2, 0.25) is 0 Å². The number of rotatable bonds is 5. The Morgan fingerprint density at radius 2 is 2.26 bits per heavy atom. The molecule has 2 aromatic heterocycles. The molecule has 0 bridgehead atoms. The fourth-order valence-electron chi connectivity index (χ4n) is 2.15. The molecule has 0 saturated heterocycles. The van der Waals surface area contributed by atoms with E-state index in [4.69, 9.17) is 0 Å². The summed E-state index contributed by atoms with van der Waals surface area (Å²) < 4.78 is 1.69. The van der Waals surface area contributed by atoms with Crippen molar-refractivity contribution in [3.8, 4) is 0 Å². The monoisotopic (exact) mass is 280 g/mol. The zero-order valence-corrected chi connectivity index (χ0v) is 12.4. The highest BCUT2D eigenvalue weighted by molar-refractivity contribution is 7.16. The zero-order valence-electron chi connectivity index (χ0n) is 11.6. The summed E-state index contributed by atoms with van der Waals surface area (Å²) >= 11 is 1.49. The molecule has 0 spiro atoms. The molecular weight excluding hydrogens is 260 g/mol. The first-order chi connectivity index (χ1) is 8.88. The first-order valence-electron chi connectivity index (χ1n) is 6.55. The zero-order chi connectivity index (χ0) is 14.0. The summed E-state index contributed by atoms with van der Waals surface area (Å²) in [7, 11) is 0. The first-order valence-corrected chi connectivity index (χ1v) is 7.43. The van der Waals surface area contributed by atoms with Gasteiger partial charge in [0.25, 0.3) is 5.56 Å². The molecule has 5 heteroatoms. The Balaban J connectivity index is 2.11. The summed E-state index contributed by atoms with van der Waals surface area (Å²) in [4.78, 5) is 17.4. The van der Waals surface area contributed by atoms with Crippen LogP contribution in [-0.2, 0) is 0 Å². The van der Waals surface area contributed by atoms with Crippen LogP contribution in [0.2, 0.25) is 0 Å². The van der Waals surface area contributed by atoms with Crippen molar-refractivity contribution in [3.05, 3.63) is 28.1 Å². The third kappa shape index (κ3) is 3.42. The van der Waals surface area contributed by atoms with Crippen molar-refractivity contribution in [2.45, 2.75) is 51.7 Å². The maximum absolute atomic E-state index is 12.3. The summed E-state index contributed by atoms with van der Waals surface area (Å²) in [6.45, 7) is 5.64. The van der Waals surface area contributed by atoms with E-state index in [0.29, 0.717) is 5.39 Å². The van der Waals surface area contributed by atoms with Crippen LogP contribution in [0.4, 0.5) is 0 Å². The molecule has 4 nitrogen and oxygen atoms in total. The first kappa shape index (κ1) is 14.2. The largest absolute Gasteiger partial charge is 0.390 e. The molecule has 0 amide bonds.